The summed E-state index contributed by atoms with van der Waals surface area (Å²) >= 11 is 0. The number of benzene rings is 1. The minimum atomic E-state index is -0.578. The lowest BCUT2D eigenvalue weighted by Crippen LogP contribution is -2.40. The van der Waals surface area contributed by atoms with Gasteiger partial charge in [-0.15, -0.1) is 0 Å². The first kappa shape index (κ1) is 14.0. The Balaban J connectivity index is 3.00. The highest BCUT2D eigenvalue weighted by Gasteiger charge is 2.18. The molecule has 0 saturated carbocycles. The van der Waals surface area contributed by atoms with Crippen LogP contribution in [0.25, 0.3) is 0 Å². The van der Waals surface area contributed by atoms with Gasteiger partial charge in [-0.1, -0.05) is 25.1 Å². The van der Waals surface area contributed by atoms with Crippen LogP contribution >= 0.6 is 0 Å². The van der Waals surface area contributed by atoms with Gasteiger partial charge in [0.05, 0.1) is 7.11 Å². The van der Waals surface area contributed by atoms with Crippen LogP contribution in [-0.2, 0) is 9.59 Å². The van der Waals surface area contributed by atoms with Crippen molar-refractivity contribution in [3.05, 3.63) is 29.8 Å². The zero-order valence-corrected chi connectivity index (χ0v) is 10.8. The van der Waals surface area contributed by atoms with Crippen LogP contribution in [0, 0.1) is 0 Å². The molecule has 0 spiro atoms. The van der Waals surface area contributed by atoms with Crippen LogP contribution in [0.5, 0.6) is 5.75 Å². The number of amides is 2. The maximum absolute atomic E-state index is 11.5. The van der Waals surface area contributed by atoms with E-state index in [1.165, 1.54) is 6.92 Å². The molecule has 0 aliphatic rings. The molecule has 0 aliphatic heterocycles. The van der Waals surface area contributed by atoms with E-state index in [-0.39, 0.29) is 11.8 Å². The number of carbonyl (C=O) groups is 2. The highest BCUT2D eigenvalue weighted by atomic mass is 16.5. The molecule has 0 unspecified atom stereocenters. The normalized spacial score (nSPS) is 11.5. The average molecular weight is 250 g/mol. The van der Waals surface area contributed by atoms with Crippen molar-refractivity contribution in [3.8, 4) is 5.75 Å². The van der Waals surface area contributed by atoms with Gasteiger partial charge in [-0.25, -0.2) is 0 Å². The summed E-state index contributed by atoms with van der Waals surface area (Å²) in [5, 5.41) is 5.42. The van der Waals surface area contributed by atoms with Crippen molar-refractivity contribution in [3.63, 3.8) is 0 Å². The SMILES string of the molecule is CCC(=O)N[C@@H](NC(C)=O)c1ccccc1OC. The number of para-hydroxylation sites is 1. The summed E-state index contributed by atoms with van der Waals surface area (Å²) in [6.07, 6.45) is -0.225. The minimum Gasteiger partial charge on any atom is -0.496 e. The van der Waals surface area contributed by atoms with Gasteiger partial charge in [0.25, 0.3) is 0 Å². The van der Waals surface area contributed by atoms with Crippen molar-refractivity contribution in [2.75, 3.05) is 7.11 Å². The molecule has 1 aromatic carbocycles. The van der Waals surface area contributed by atoms with Crippen molar-refractivity contribution in [1.82, 2.24) is 10.6 Å². The molecule has 5 nitrogen and oxygen atoms in total. The first-order valence-corrected chi connectivity index (χ1v) is 5.77. The molecule has 0 aliphatic carbocycles. The van der Waals surface area contributed by atoms with Gasteiger partial charge in [0.15, 0.2) is 0 Å². The Hall–Kier alpha value is -2.04. The molecule has 0 saturated heterocycles. The topological polar surface area (TPSA) is 67.4 Å². The van der Waals surface area contributed by atoms with E-state index in [1.807, 2.05) is 12.1 Å². The van der Waals surface area contributed by atoms with E-state index in [4.69, 9.17) is 4.74 Å². The largest absolute Gasteiger partial charge is 0.496 e. The molecule has 0 radical (unpaired) electrons. The van der Waals surface area contributed by atoms with Crippen molar-refractivity contribution >= 4 is 11.8 Å². The lowest BCUT2D eigenvalue weighted by Gasteiger charge is -2.21. The Kier molecular flexibility index (Phi) is 5.17. The third-order valence-corrected chi connectivity index (χ3v) is 2.42. The van der Waals surface area contributed by atoms with Crippen LogP contribution in [0.1, 0.15) is 32.0 Å². The number of methoxy groups -OCH3 is 1. The number of hydrogen-bond donors (Lipinski definition) is 2. The molecule has 18 heavy (non-hydrogen) atoms. The molecule has 2 amide bonds. The van der Waals surface area contributed by atoms with Crippen LogP contribution < -0.4 is 15.4 Å². The summed E-state index contributed by atoms with van der Waals surface area (Å²) in [6.45, 7) is 3.16. The van der Waals surface area contributed by atoms with Crippen LogP contribution in [0.3, 0.4) is 0 Å². The van der Waals surface area contributed by atoms with Crippen LogP contribution in [0.15, 0.2) is 24.3 Å². The second-order valence-electron chi connectivity index (χ2n) is 3.80. The maximum Gasteiger partial charge on any atom is 0.221 e. The van der Waals surface area contributed by atoms with Gasteiger partial charge < -0.3 is 15.4 Å². The zero-order chi connectivity index (χ0) is 13.5. The van der Waals surface area contributed by atoms with Gasteiger partial charge in [0, 0.05) is 18.9 Å². The third kappa shape index (κ3) is 3.76. The Morgan fingerprint density at radius 2 is 1.94 bits per heavy atom. The Morgan fingerprint density at radius 1 is 1.28 bits per heavy atom. The summed E-state index contributed by atoms with van der Waals surface area (Å²) in [5.41, 5.74) is 0.719. The fraction of sp³-hybridized carbons (Fsp3) is 0.385. The van der Waals surface area contributed by atoms with Gasteiger partial charge >= 0.3 is 0 Å². The van der Waals surface area contributed by atoms with E-state index in [2.05, 4.69) is 10.6 Å². The van der Waals surface area contributed by atoms with Crippen LogP contribution in [0.4, 0.5) is 0 Å². The van der Waals surface area contributed by atoms with E-state index in [0.717, 1.165) is 5.56 Å². The van der Waals surface area contributed by atoms with Gasteiger partial charge in [-0.3, -0.25) is 9.59 Å². The maximum atomic E-state index is 11.5. The van der Waals surface area contributed by atoms with E-state index in [0.29, 0.717) is 12.2 Å². The predicted molar refractivity (Wildman–Crippen MR) is 68.0 cm³/mol. The number of nitrogens with one attached hydrogen (secondary N) is 2. The average Bonchev–Trinajstić information content (AvgIpc) is 2.37. The van der Waals surface area contributed by atoms with E-state index in [1.54, 1.807) is 26.2 Å². The molecule has 0 fully saturated rings. The Labute approximate surface area is 107 Å². The number of rotatable bonds is 5. The van der Waals surface area contributed by atoms with Crippen molar-refractivity contribution in [1.29, 1.82) is 0 Å². The first-order valence-electron chi connectivity index (χ1n) is 5.77. The standard InChI is InChI=1S/C13H18N2O3/c1-4-12(17)15-13(14-9(2)16)10-7-5-6-8-11(10)18-3/h5-8,13H,4H2,1-3H3,(H,14,16)(H,15,17)/t13-/m1/s1. The molecule has 1 rings (SSSR count). The first-order chi connectivity index (χ1) is 8.58. The summed E-state index contributed by atoms with van der Waals surface area (Å²) in [7, 11) is 1.55. The van der Waals surface area contributed by atoms with Gasteiger partial charge in [-0.05, 0) is 6.07 Å². The number of ether oxygens (including phenoxy) is 1. The second-order valence-corrected chi connectivity index (χ2v) is 3.80. The monoisotopic (exact) mass is 250 g/mol. The third-order valence-electron chi connectivity index (χ3n) is 2.42. The van der Waals surface area contributed by atoms with Crippen LogP contribution in [-0.4, -0.2) is 18.9 Å². The molecule has 1 aromatic rings. The predicted octanol–water partition coefficient (Wildman–Crippen LogP) is 1.36. The van der Waals surface area contributed by atoms with Crippen LogP contribution in [0.2, 0.25) is 0 Å². The molecule has 2 N–H and O–H groups in total. The van der Waals surface area contributed by atoms with Crippen molar-refractivity contribution in [2.45, 2.75) is 26.4 Å². The molecular formula is C13H18N2O3. The zero-order valence-electron chi connectivity index (χ0n) is 10.8. The van der Waals surface area contributed by atoms with Gasteiger partial charge in [-0.2, -0.15) is 0 Å². The van der Waals surface area contributed by atoms with E-state index in [9.17, 15) is 9.59 Å². The highest BCUT2D eigenvalue weighted by Crippen LogP contribution is 2.23. The molecule has 0 heterocycles. The van der Waals surface area contributed by atoms with Crippen molar-refractivity contribution < 1.29 is 14.3 Å². The Bertz CT molecular complexity index is 432. The van der Waals surface area contributed by atoms with Gasteiger partial charge in [0.2, 0.25) is 11.8 Å². The smallest absolute Gasteiger partial charge is 0.221 e. The molecule has 5 heteroatoms. The number of hydrogen-bond acceptors (Lipinski definition) is 3. The minimum absolute atomic E-state index is 0.139. The summed E-state index contributed by atoms with van der Waals surface area (Å²) in [6, 6.07) is 7.23. The summed E-state index contributed by atoms with van der Waals surface area (Å²) < 4.78 is 5.22. The lowest BCUT2D eigenvalue weighted by molar-refractivity contribution is -0.123. The summed E-state index contributed by atoms with van der Waals surface area (Å²) in [5.74, 6) is 0.259. The Morgan fingerprint density at radius 3 is 2.50 bits per heavy atom. The fourth-order valence-corrected chi connectivity index (χ4v) is 1.56. The fourth-order valence-electron chi connectivity index (χ4n) is 1.56. The molecule has 0 aromatic heterocycles. The van der Waals surface area contributed by atoms with Gasteiger partial charge in [0.1, 0.15) is 11.9 Å². The lowest BCUT2D eigenvalue weighted by atomic mass is 10.1. The van der Waals surface area contributed by atoms with Crippen molar-refractivity contribution in [2.24, 2.45) is 0 Å². The van der Waals surface area contributed by atoms with E-state index < -0.39 is 6.17 Å². The molecular weight excluding hydrogens is 232 g/mol. The molecule has 98 valence electrons. The number of carbonyl (C=O) groups excluding carboxylic acids is 2. The molecule has 1 atom stereocenters. The second kappa shape index (κ2) is 6.64. The molecule has 0 bridgehead atoms. The quantitative estimate of drug-likeness (QED) is 0.775. The summed E-state index contributed by atoms with van der Waals surface area (Å²) in [4.78, 5) is 22.7. The van der Waals surface area contributed by atoms with E-state index >= 15 is 0 Å². The highest BCUT2D eigenvalue weighted by molar-refractivity contribution is 5.78.